The van der Waals surface area contributed by atoms with Gasteiger partial charge in [0.1, 0.15) is 0 Å². The van der Waals surface area contributed by atoms with Gasteiger partial charge in [-0.05, 0) is 71.3 Å². The van der Waals surface area contributed by atoms with Gasteiger partial charge in [0, 0.05) is 6.04 Å². The molecule has 0 atom stereocenters. The lowest BCUT2D eigenvalue weighted by Gasteiger charge is -2.43. The third-order valence-corrected chi connectivity index (χ3v) is 14.9. The molecule has 0 saturated heterocycles. The molecule has 0 unspecified atom stereocenters. The molecule has 0 N–H and O–H groups in total. The van der Waals surface area contributed by atoms with Crippen LogP contribution in [0.15, 0.2) is 0 Å². The summed E-state index contributed by atoms with van der Waals surface area (Å²) in [5, 5.41) is 0. The number of unbranched alkanes of at least 4 members (excludes halogenated alkanes) is 1. The molecule has 0 radical (unpaired) electrons. The summed E-state index contributed by atoms with van der Waals surface area (Å²) in [6, 6.07) is 0.985. The molecule has 0 spiro atoms. The zero-order chi connectivity index (χ0) is 18.5. The second-order valence-corrected chi connectivity index (χ2v) is 27.0. The van der Waals surface area contributed by atoms with Crippen LogP contribution in [0, 0.1) is 5.92 Å². The molecule has 0 fully saturated rings. The zero-order valence-electron chi connectivity index (χ0n) is 17.6. The smallest absolute Gasteiger partial charge is 0.417 e. The predicted molar refractivity (Wildman–Crippen MR) is 113 cm³/mol. The lowest BCUT2D eigenvalue weighted by Crippen LogP contribution is -2.60. The van der Waals surface area contributed by atoms with Crippen molar-refractivity contribution in [1.82, 2.24) is 0 Å². The molecule has 0 heterocycles. The Morgan fingerprint density at radius 2 is 0.957 bits per heavy atom. The molecular weight excluding hydrogens is 353 g/mol. The van der Waals surface area contributed by atoms with Gasteiger partial charge in [-0.2, -0.15) is 0 Å². The number of rotatable bonds is 11. The summed E-state index contributed by atoms with van der Waals surface area (Å²) in [7, 11) is -7.74. The van der Waals surface area contributed by atoms with Crippen LogP contribution in [-0.2, 0) is 12.3 Å². The maximum Gasteiger partial charge on any atom is 0.469 e. The Kier molecular flexibility index (Phi) is 9.20. The van der Waals surface area contributed by atoms with E-state index in [1.807, 2.05) is 0 Å². The van der Waals surface area contributed by atoms with Gasteiger partial charge in [0.25, 0.3) is 0 Å². The summed E-state index contributed by atoms with van der Waals surface area (Å²) >= 11 is 0. The van der Waals surface area contributed by atoms with Gasteiger partial charge in [-0.1, -0.05) is 26.7 Å². The molecular formula is C16H42O3Si4. The van der Waals surface area contributed by atoms with Crippen molar-refractivity contribution in [3.63, 3.8) is 0 Å². The van der Waals surface area contributed by atoms with Crippen molar-refractivity contribution in [3.8, 4) is 0 Å². The summed E-state index contributed by atoms with van der Waals surface area (Å²) in [6.07, 6.45) is 3.67. The molecule has 140 valence electrons. The van der Waals surface area contributed by atoms with Crippen molar-refractivity contribution < 1.29 is 12.3 Å². The average molecular weight is 395 g/mol. The lowest BCUT2D eigenvalue weighted by atomic mass is 10.1. The van der Waals surface area contributed by atoms with Crippen LogP contribution in [0.3, 0.4) is 0 Å². The molecule has 0 aliphatic heterocycles. The summed E-state index contributed by atoms with van der Waals surface area (Å²) in [6.45, 7) is 24.9. The van der Waals surface area contributed by atoms with Gasteiger partial charge >= 0.3 is 8.80 Å². The zero-order valence-corrected chi connectivity index (χ0v) is 21.6. The minimum absolute atomic E-state index is 0.764. The fourth-order valence-electron chi connectivity index (χ4n) is 2.51. The Morgan fingerprint density at radius 1 is 0.609 bits per heavy atom. The van der Waals surface area contributed by atoms with E-state index in [4.69, 9.17) is 12.3 Å². The van der Waals surface area contributed by atoms with Gasteiger partial charge in [0.2, 0.25) is 0 Å². The molecule has 0 aromatic heterocycles. The maximum absolute atomic E-state index is 6.69. The predicted octanol–water partition coefficient (Wildman–Crippen LogP) is 6.31. The van der Waals surface area contributed by atoms with E-state index in [1.165, 1.54) is 12.8 Å². The Bertz CT molecular complexity index is 300. The molecule has 0 aliphatic carbocycles. The monoisotopic (exact) mass is 394 g/mol. The highest BCUT2D eigenvalue weighted by molar-refractivity contribution is 6.90. The maximum atomic E-state index is 6.69. The van der Waals surface area contributed by atoms with Crippen LogP contribution in [0.4, 0.5) is 0 Å². The van der Waals surface area contributed by atoms with E-state index in [9.17, 15) is 0 Å². The van der Waals surface area contributed by atoms with Crippen molar-refractivity contribution in [1.29, 1.82) is 0 Å². The third kappa shape index (κ3) is 13.7. The summed E-state index contributed by atoms with van der Waals surface area (Å²) in [5.41, 5.74) is 0. The van der Waals surface area contributed by atoms with Gasteiger partial charge in [0.05, 0.1) is 0 Å². The SMILES string of the molecule is CC(C)CCCC[Si](O[Si](C)(C)C)(O[Si](C)(C)C)O[Si](C)(C)C. The minimum Gasteiger partial charge on any atom is -0.417 e. The topological polar surface area (TPSA) is 27.7 Å². The Labute approximate surface area is 150 Å². The van der Waals surface area contributed by atoms with E-state index in [0.717, 1.165) is 18.4 Å². The van der Waals surface area contributed by atoms with Crippen LogP contribution in [-0.4, -0.2) is 33.8 Å². The standard InChI is InChI=1S/C16H42O3Si4/c1-16(2)14-12-13-15-23(17-20(3,4)5,18-21(6,7)8)19-22(9,10)11/h16H,12-15H2,1-11H3. The number of hydrogen-bond donors (Lipinski definition) is 0. The summed E-state index contributed by atoms with van der Waals surface area (Å²) < 4.78 is 20.1. The Morgan fingerprint density at radius 3 is 1.22 bits per heavy atom. The molecule has 3 nitrogen and oxygen atoms in total. The van der Waals surface area contributed by atoms with E-state index in [2.05, 4.69) is 72.8 Å². The first-order valence-corrected chi connectivity index (χ1v) is 21.3. The van der Waals surface area contributed by atoms with E-state index < -0.39 is 33.8 Å². The van der Waals surface area contributed by atoms with Crippen molar-refractivity contribution in [3.05, 3.63) is 0 Å². The van der Waals surface area contributed by atoms with E-state index in [-0.39, 0.29) is 0 Å². The molecule has 7 heteroatoms. The van der Waals surface area contributed by atoms with Gasteiger partial charge in [-0.25, -0.2) is 0 Å². The number of hydrogen-bond acceptors (Lipinski definition) is 3. The average Bonchev–Trinajstić information content (AvgIpc) is 2.16. The Hall–Kier alpha value is 0.748. The first-order chi connectivity index (χ1) is 10.0. The molecule has 0 bridgehead atoms. The second-order valence-electron chi connectivity index (χ2n) is 9.97. The fraction of sp³-hybridized carbons (Fsp3) is 1.00. The van der Waals surface area contributed by atoms with E-state index in [0.29, 0.717) is 0 Å². The van der Waals surface area contributed by atoms with Gasteiger partial charge in [0.15, 0.2) is 25.0 Å². The lowest BCUT2D eigenvalue weighted by molar-refractivity contribution is 0.249. The van der Waals surface area contributed by atoms with Crippen LogP contribution in [0.5, 0.6) is 0 Å². The van der Waals surface area contributed by atoms with Crippen molar-refractivity contribution in [2.24, 2.45) is 5.92 Å². The largest absolute Gasteiger partial charge is 0.469 e. The van der Waals surface area contributed by atoms with Gasteiger partial charge < -0.3 is 12.3 Å². The molecule has 23 heavy (non-hydrogen) atoms. The summed E-state index contributed by atoms with van der Waals surface area (Å²) in [4.78, 5) is 0. The molecule has 0 aliphatic rings. The molecule has 0 aromatic rings. The van der Waals surface area contributed by atoms with Crippen LogP contribution >= 0.6 is 0 Å². The molecule has 0 amide bonds. The van der Waals surface area contributed by atoms with E-state index >= 15 is 0 Å². The van der Waals surface area contributed by atoms with Crippen LogP contribution in [0.1, 0.15) is 33.1 Å². The van der Waals surface area contributed by atoms with Crippen molar-refractivity contribution in [2.75, 3.05) is 0 Å². The van der Waals surface area contributed by atoms with Gasteiger partial charge in [-0.3, -0.25) is 0 Å². The van der Waals surface area contributed by atoms with Crippen molar-refractivity contribution >= 4 is 33.8 Å². The minimum atomic E-state index is -2.59. The Balaban J connectivity index is 5.28. The quantitative estimate of drug-likeness (QED) is 0.304. The van der Waals surface area contributed by atoms with Crippen LogP contribution < -0.4 is 0 Å². The van der Waals surface area contributed by atoms with Gasteiger partial charge in [-0.15, -0.1) is 0 Å². The normalized spacial score (nSPS) is 14.6. The van der Waals surface area contributed by atoms with E-state index in [1.54, 1.807) is 0 Å². The van der Waals surface area contributed by atoms with Crippen LogP contribution in [0.25, 0.3) is 0 Å². The highest BCUT2D eigenvalue weighted by atomic mass is 28.5. The first kappa shape index (κ1) is 23.7. The fourth-order valence-corrected chi connectivity index (χ4v) is 17.2. The third-order valence-electron chi connectivity index (χ3n) is 2.90. The molecule has 0 rings (SSSR count). The van der Waals surface area contributed by atoms with Crippen molar-refractivity contribution in [2.45, 2.75) is 98.1 Å². The highest BCUT2D eigenvalue weighted by Crippen LogP contribution is 2.30. The highest BCUT2D eigenvalue weighted by Gasteiger charge is 2.49. The summed E-state index contributed by atoms with van der Waals surface area (Å²) in [5.74, 6) is 0.764. The molecule has 0 aromatic carbocycles. The second kappa shape index (κ2) is 8.91. The van der Waals surface area contributed by atoms with Crippen LogP contribution in [0.2, 0.25) is 65.0 Å². The first-order valence-electron chi connectivity index (χ1n) is 9.14. The molecule has 0 saturated carbocycles.